The van der Waals surface area contributed by atoms with Gasteiger partial charge in [0, 0.05) is 25.0 Å². The molecule has 1 aliphatic heterocycles. The van der Waals surface area contributed by atoms with Gasteiger partial charge >= 0.3 is 0 Å². The molecule has 1 spiro atoms. The van der Waals surface area contributed by atoms with Crippen LogP contribution in [0.4, 0.5) is 0 Å². The van der Waals surface area contributed by atoms with E-state index in [1.54, 1.807) is 0 Å². The van der Waals surface area contributed by atoms with Crippen LogP contribution < -0.4 is 4.74 Å². The summed E-state index contributed by atoms with van der Waals surface area (Å²) in [5.74, 6) is 2.27. The van der Waals surface area contributed by atoms with E-state index in [0.717, 1.165) is 35.8 Å². The van der Waals surface area contributed by atoms with Crippen LogP contribution in [0.3, 0.4) is 0 Å². The van der Waals surface area contributed by atoms with E-state index in [2.05, 4.69) is 20.8 Å². The fraction of sp³-hybridized carbons (Fsp3) is 0.591. The van der Waals surface area contributed by atoms with Crippen molar-refractivity contribution in [2.24, 2.45) is 5.41 Å². The van der Waals surface area contributed by atoms with Gasteiger partial charge in [-0.15, -0.1) is 10.2 Å². The third-order valence-corrected chi connectivity index (χ3v) is 6.90. The number of ether oxygens (including phenoxy) is 1. The molecule has 28 heavy (non-hydrogen) atoms. The van der Waals surface area contributed by atoms with Gasteiger partial charge in [0.05, 0.1) is 0 Å². The van der Waals surface area contributed by atoms with Crippen molar-refractivity contribution in [2.75, 3.05) is 19.7 Å². The van der Waals surface area contributed by atoms with E-state index in [0.29, 0.717) is 12.0 Å². The molecule has 0 bridgehead atoms. The average Bonchev–Trinajstić information content (AvgIpc) is 3.23. The van der Waals surface area contributed by atoms with Crippen LogP contribution in [0.15, 0.2) is 24.5 Å². The standard InChI is InChI=1S/C22H28N4O2/c1-15-4-5-16(2)19(10-15)28-12-20(27)25-11-18(22(13-25)8-3-9-22)21-24-23-14-26(21)17-6-7-17/h4-5,10,14,17-18H,3,6-9,11-13H2,1-2H3. The first-order chi connectivity index (χ1) is 13.6. The molecule has 2 aromatic rings. The number of nitrogens with zero attached hydrogens (tertiary/aromatic N) is 4. The minimum atomic E-state index is 0.0761. The number of carbonyl (C=O) groups excluding carboxylic acids is 1. The Morgan fingerprint density at radius 2 is 2.11 bits per heavy atom. The van der Waals surface area contributed by atoms with Crippen LogP contribution in [0.2, 0.25) is 0 Å². The number of hydrogen-bond donors (Lipinski definition) is 0. The van der Waals surface area contributed by atoms with Crippen LogP contribution in [-0.4, -0.2) is 45.3 Å². The quantitative estimate of drug-likeness (QED) is 0.798. The minimum Gasteiger partial charge on any atom is -0.483 e. The molecule has 1 aromatic carbocycles. The molecule has 3 fully saturated rings. The molecule has 1 saturated heterocycles. The zero-order valence-electron chi connectivity index (χ0n) is 16.7. The number of benzene rings is 1. The Hall–Kier alpha value is -2.37. The van der Waals surface area contributed by atoms with Crippen molar-refractivity contribution in [1.29, 1.82) is 0 Å². The number of carbonyl (C=O) groups is 1. The zero-order valence-corrected chi connectivity index (χ0v) is 16.7. The van der Waals surface area contributed by atoms with Gasteiger partial charge in [0.1, 0.15) is 17.9 Å². The Morgan fingerprint density at radius 1 is 1.29 bits per heavy atom. The molecule has 2 aliphatic carbocycles. The number of rotatable bonds is 5. The van der Waals surface area contributed by atoms with Crippen molar-refractivity contribution in [2.45, 2.75) is 57.9 Å². The van der Waals surface area contributed by atoms with E-state index >= 15 is 0 Å². The topological polar surface area (TPSA) is 60.2 Å². The van der Waals surface area contributed by atoms with Gasteiger partial charge in [-0.2, -0.15) is 0 Å². The fourth-order valence-electron chi connectivity index (χ4n) is 4.88. The first-order valence-electron chi connectivity index (χ1n) is 10.4. The molecule has 0 radical (unpaired) electrons. The number of likely N-dealkylation sites (tertiary alicyclic amines) is 1. The second-order valence-corrected chi connectivity index (χ2v) is 8.93. The van der Waals surface area contributed by atoms with Crippen LogP contribution in [0.1, 0.15) is 61.0 Å². The highest BCUT2D eigenvalue weighted by molar-refractivity contribution is 5.78. The number of amides is 1. The summed E-state index contributed by atoms with van der Waals surface area (Å²) in [6.07, 6.45) is 7.92. The van der Waals surface area contributed by atoms with Gasteiger partial charge in [-0.25, -0.2) is 0 Å². The van der Waals surface area contributed by atoms with Crippen molar-refractivity contribution in [1.82, 2.24) is 19.7 Å². The molecule has 1 unspecified atom stereocenters. The smallest absolute Gasteiger partial charge is 0.260 e. The number of aromatic nitrogens is 3. The lowest BCUT2D eigenvalue weighted by molar-refractivity contribution is -0.133. The number of hydrogen-bond acceptors (Lipinski definition) is 4. The molecular formula is C22H28N4O2. The predicted octanol–water partition coefficient (Wildman–Crippen LogP) is 3.40. The lowest BCUT2D eigenvalue weighted by Crippen LogP contribution is -2.39. The summed E-state index contributed by atoms with van der Waals surface area (Å²) >= 11 is 0. The molecule has 6 heteroatoms. The summed E-state index contributed by atoms with van der Waals surface area (Å²) < 4.78 is 8.15. The Morgan fingerprint density at radius 3 is 2.82 bits per heavy atom. The molecule has 6 nitrogen and oxygen atoms in total. The molecule has 3 aliphatic rings. The van der Waals surface area contributed by atoms with Gasteiger partial charge in [-0.05, 0) is 62.1 Å². The Balaban J connectivity index is 1.30. The summed E-state index contributed by atoms with van der Waals surface area (Å²) in [4.78, 5) is 14.9. The number of aryl methyl sites for hydroxylation is 2. The van der Waals surface area contributed by atoms with E-state index < -0.39 is 0 Å². The lowest BCUT2D eigenvalue weighted by Gasteiger charge is -2.42. The van der Waals surface area contributed by atoms with E-state index in [1.807, 2.05) is 37.2 Å². The molecule has 1 atom stereocenters. The normalized spacial score (nSPS) is 23.1. The Kier molecular flexibility index (Phi) is 4.18. The van der Waals surface area contributed by atoms with Crippen molar-refractivity contribution < 1.29 is 9.53 Å². The maximum atomic E-state index is 12.9. The van der Waals surface area contributed by atoms with E-state index in [1.165, 1.54) is 32.1 Å². The molecule has 148 valence electrons. The Labute approximate surface area is 165 Å². The maximum absolute atomic E-state index is 12.9. The minimum absolute atomic E-state index is 0.0761. The molecule has 2 heterocycles. The lowest BCUT2D eigenvalue weighted by atomic mass is 9.62. The van der Waals surface area contributed by atoms with Crippen LogP contribution in [0.5, 0.6) is 5.75 Å². The highest BCUT2D eigenvalue weighted by Gasteiger charge is 2.54. The second kappa shape index (κ2) is 6.61. The van der Waals surface area contributed by atoms with Gasteiger partial charge in [-0.1, -0.05) is 18.6 Å². The summed E-state index contributed by atoms with van der Waals surface area (Å²) in [6.45, 7) is 5.71. The third-order valence-electron chi connectivity index (χ3n) is 6.90. The van der Waals surface area contributed by atoms with Gasteiger partial charge in [0.25, 0.3) is 5.91 Å². The summed E-state index contributed by atoms with van der Waals surface area (Å²) in [5, 5.41) is 8.69. The van der Waals surface area contributed by atoms with Gasteiger partial charge in [0.2, 0.25) is 0 Å². The molecule has 2 saturated carbocycles. The van der Waals surface area contributed by atoms with Crippen LogP contribution in [0, 0.1) is 19.3 Å². The van der Waals surface area contributed by atoms with Gasteiger partial charge in [-0.3, -0.25) is 4.79 Å². The Bertz CT molecular complexity index is 898. The second-order valence-electron chi connectivity index (χ2n) is 8.93. The summed E-state index contributed by atoms with van der Waals surface area (Å²) in [6, 6.07) is 6.67. The summed E-state index contributed by atoms with van der Waals surface area (Å²) in [5.41, 5.74) is 2.39. The highest BCUT2D eigenvalue weighted by atomic mass is 16.5. The van der Waals surface area contributed by atoms with Crippen molar-refractivity contribution in [3.63, 3.8) is 0 Å². The van der Waals surface area contributed by atoms with Crippen molar-refractivity contribution in [3.05, 3.63) is 41.5 Å². The fourth-order valence-corrected chi connectivity index (χ4v) is 4.88. The first kappa shape index (κ1) is 17.7. The highest BCUT2D eigenvalue weighted by Crippen LogP contribution is 2.56. The predicted molar refractivity (Wildman–Crippen MR) is 105 cm³/mol. The average molecular weight is 380 g/mol. The van der Waals surface area contributed by atoms with Gasteiger partial charge < -0.3 is 14.2 Å². The van der Waals surface area contributed by atoms with E-state index in [9.17, 15) is 4.79 Å². The molecule has 1 amide bonds. The summed E-state index contributed by atoms with van der Waals surface area (Å²) in [7, 11) is 0. The maximum Gasteiger partial charge on any atom is 0.260 e. The van der Waals surface area contributed by atoms with Crippen LogP contribution in [-0.2, 0) is 4.79 Å². The zero-order chi connectivity index (χ0) is 19.3. The SMILES string of the molecule is Cc1ccc(C)c(OCC(=O)N2CC(c3nncn3C3CC3)C3(CCC3)C2)c1. The third kappa shape index (κ3) is 2.99. The van der Waals surface area contributed by atoms with Crippen molar-refractivity contribution in [3.8, 4) is 5.75 Å². The van der Waals surface area contributed by atoms with Crippen LogP contribution in [0.25, 0.3) is 0 Å². The first-order valence-corrected chi connectivity index (χ1v) is 10.4. The molecule has 1 aromatic heterocycles. The van der Waals surface area contributed by atoms with Crippen LogP contribution >= 0.6 is 0 Å². The monoisotopic (exact) mass is 380 g/mol. The molecular weight excluding hydrogens is 352 g/mol. The molecule has 5 rings (SSSR count). The van der Waals surface area contributed by atoms with Crippen molar-refractivity contribution >= 4 is 5.91 Å². The van der Waals surface area contributed by atoms with E-state index in [-0.39, 0.29) is 17.9 Å². The van der Waals surface area contributed by atoms with E-state index in [4.69, 9.17) is 4.74 Å². The largest absolute Gasteiger partial charge is 0.483 e. The van der Waals surface area contributed by atoms with Gasteiger partial charge in [0.15, 0.2) is 6.61 Å². The molecule has 0 N–H and O–H groups in total.